The predicted octanol–water partition coefficient (Wildman–Crippen LogP) is 8.72. The monoisotopic (exact) mass is 343 g/mol. The molecule has 3 rings (SSSR count). The molecule has 0 spiro atoms. The van der Waals surface area contributed by atoms with Gasteiger partial charge >= 0.3 is 0 Å². The van der Waals surface area contributed by atoms with Gasteiger partial charge in [0.15, 0.2) is 0 Å². The number of unbranched alkanes of at least 4 members (excludes halogenated alkanes) is 3. The van der Waals surface area contributed by atoms with Gasteiger partial charge in [0.25, 0.3) is 0 Å². The molecule has 2 heterocycles. The van der Waals surface area contributed by atoms with Crippen LogP contribution in [0.15, 0.2) is 11.5 Å². The Morgan fingerprint density at radius 3 is 1.80 bits per heavy atom. The molecule has 2 bridgehead atoms. The van der Waals surface area contributed by atoms with Gasteiger partial charge in [0.05, 0.1) is 0 Å². The molecule has 1 heteroatoms. The molecule has 2 saturated heterocycles. The van der Waals surface area contributed by atoms with Gasteiger partial charge in [0, 0.05) is 6.15 Å². The molecule has 0 aromatic rings. The van der Waals surface area contributed by atoms with Gasteiger partial charge in [-0.25, -0.2) is 5.98 Å². The molecule has 0 unspecified atom stereocenters. The third-order valence-electron chi connectivity index (χ3n) is 8.73. The molecule has 3 fully saturated rings. The lowest BCUT2D eigenvalue weighted by molar-refractivity contribution is 0.399. The van der Waals surface area contributed by atoms with Crippen LogP contribution in [0.5, 0.6) is 0 Å². The normalized spacial score (nSPS) is 34.2. The van der Waals surface area contributed by atoms with Crippen molar-refractivity contribution in [2.45, 2.75) is 140 Å². The number of rotatable bonds is 8. The molecule has 0 atom stereocenters. The van der Waals surface area contributed by atoms with Gasteiger partial charge in [-0.05, 0) is 19.3 Å². The molecule has 1 aliphatic carbocycles. The third-order valence-corrected chi connectivity index (χ3v) is 8.73. The second-order valence-electron chi connectivity index (χ2n) is 9.92. The second kappa shape index (κ2) is 9.66. The van der Waals surface area contributed by atoms with Crippen molar-refractivity contribution in [1.29, 1.82) is 0 Å². The molecule has 0 N–H and O–H groups in total. The Morgan fingerprint density at radius 1 is 0.720 bits per heavy atom. The van der Waals surface area contributed by atoms with Crippen LogP contribution in [-0.2, 0) is 0 Å². The molecule has 3 aliphatic rings. The van der Waals surface area contributed by atoms with Gasteiger partial charge in [-0.3, -0.25) is 0 Å². The van der Waals surface area contributed by atoms with Crippen LogP contribution < -0.4 is 0 Å². The highest BCUT2D eigenvalue weighted by Gasteiger charge is 2.46. The molecule has 0 amide bonds. The summed E-state index contributed by atoms with van der Waals surface area (Å²) in [5, 5.41) is 0. The van der Waals surface area contributed by atoms with E-state index in [-0.39, 0.29) is 6.15 Å². The fraction of sp³-hybridized carbons (Fsp3) is 0.917. The van der Waals surface area contributed by atoms with Crippen molar-refractivity contribution in [3.8, 4) is 0 Å². The summed E-state index contributed by atoms with van der Waals surface area (Å²) in [6.45, 7) is 4.77. The van der Waals surface area contributed by atoms with Crippen LogP contribution in [0.4, 0.5) is 0 Å². The maximum Gasteiger partial charge on any atom is 0.0293 e. The van der Waals surface area contributed by atoms with Crippen molar-refractivity contribution in [3.05, 3.63) is 11.5 Å². The number of allylic oxidation sites excluding steroid dienone is 1. The minimum Gasteiger partial charge on any atom is -0.246 e. The first-order chi connectivity index (χ1) is 12.3. The second-order valence-corrected chi connectivity index (χ2v) is 9.92. The van der Waals surface area contributed by atoms with Crippen molar-refractivity contribution in [3.63, 3.8) is 0 Å². The standard InChI is InChI=1S/C24H44B/c1-3-5-6-8-13-21(4-2)20-25(22-14-9-7-10-15-22)23-16-11-17-24(25)19-12-18-23/h20,22-24H,3-19H2,1-2H3/q-1/b21-20-. The zero-order valence-electron chi connectivity index (χ0n) is 17.4. The highest BCUT2D eigenvalue weighted by molar-refractivity contribution is 6.88. The summed E-state index contributed by atoms with van der Waals surface area (Å²) in [5.41, 5.74) is 1.86. The third kappa shape index (κ3) is 4.38. The van der Waals surface area contributed by atoms with E-state index in [2.05, 4.69) is 19.8 Å². The minimum atomic E-state index is -0.219. The van der Waals surface area contributed by atoms with E-state index < -0.39 is 0 Å². The molecule has 2 aliphatic heterocycles. The van der Waals surface area contributed by atoms with E-state index in [9.17, 15) is 0 Å². The van der Waals surface area contributed by atoms with Gasteiger partial charge in [-0.2, -0.15) is 17.5 Å². The summed E-state index contributed by atoms with van der Waals surface area (Å²) in [4.78, 5) is 0. The van der Waals surface area contributed by atoms with Crippen LogP contribution in [0.25, 0.3) is 0 Å². The van der Waals surface area contributed by atoms with E-state index in [0.717, 1.165) is 17.5 Å². The van der Waals surface area contributed by atoms with Crippen molar-refractivity contribution in [2.75, 3.05) is 0 Å². The molecular formula is C24H44B-. The molecule has 0 aromatic heterocycles. The summed E-state index contributed by atoms with van der Waals surface area (Å²) in [7, 11) is 0. The maximum absolute atomic E-state index is 3.02. The highest BCUT2D eigenvalue weighted by atomic mass is 14.3. The molecule has 144 valence electrons. The quantitative estimate of drug-likeness (QED) is 0.305. The summed E-state index contributed by atoms with van der Waals surface area (Å²) in [5.74, 6) is 6.29. The summed E-state index contributed by atoms with van der Waals surface area (Å²) in [6.07, 6.45) is 25.2. The van der Waals surface area contributed by atoms with Gasteiger partial charge in [0.2, 0.25) is 0 Å². The van der Waals surface area contributed by atoms with Crippen molar-refractivity contribution >= 4 is 6.15 Å². The van der Waals surface area contributed by atoms with Crippen LogP contribution in [0, 0.1) is 0 Å². The Morgan fingerprint density at radius 2 is 1.28 bits per heavy atom. The number of hydrogen-bond acceptors (Lipinski definition) is 0. The smallest absolute Gasteiger partial charge is 0.0293 e. The van der Waals surface area contributed by atoms with E-state index in [4.69, 9.17) is 0 Å². The van der Waals surface area contributed by atoms with Crippen LogP contribution >= 0.6 is 0 Å². The Bertz CT molecular complexity index is 396. The van der Waals surface area contributed by atoms with Crippen LogP contribution in [-0.4, -0.2) is 6.15 Å². The average molecular weight is 343 g/mol. The predicted molar refractivity (Wildman–Crippen MR) is 115 cm³/mol. The number of hydrogen-bond donors (Lipinski definition) is 0. The van der Waals surface area contributed by atoms with Crippen molar-refractivity contribution in [1.82, 2.24) is 0 Å². The van der Waals surface area contributed by atoms with Crippen LogP contribution in [0.1, 0.15) is 123 Å². The first kappa shape index (κ1) is 19.6. The lowest BCUT2D eigenvalue weighted by Crippen LogP contribution is -2.52. The first-order valence-corrected chi connectivity index (χ1v) is 12.2. The summed E-state index contributed by atoms with van der Waals surface area (Å²) < 4.78 is 0. The Labute approximate surface area is 158 Å². The van der Waals surface area contributed by atoms with Crippen LogP contribution in [0.2, 0.25) is 17.5 Å². The fourth-order valence-electron chi connectivity index (χ4n) is 7.57. The van der Waals surface area contributed by atoms with Gasteiger partial charge < -0.3 is 0 Å². The SMILES string of the molecule is CCCCCC/C(=C\[B-]1(C2CCCCC2)C2CCCC1CCC2)CC. The summed E-state index contributed by atoms with van der Waals surface area (Å²) >= 11 is 0. The Kier molecular flexibility index (Phi) is 7.56. The van der Waals surface area contributed by atoms with Gasteiger partial charge in [-0.1, -0.05) is 104 Å². The first-order valence-electron chi connectivity index (χ1n) is 12.2. The van der Waals surface area contributed by atoms with Crippen molar-refractivity contribution < 1.29 is 0 Å². The van der Waals surface area contributed by atoms with E-state index >= 15 is 0 Å². The molecule has 25 heavy (non-hydrogen) atoms. The van der Waals surface area contributed by atoms with Gasteiger partial charge in [0.1, 0.15) is 0 Å². The Balaban J connectivity index is 1.83. The molecule has 0 nitrogen and oxygen atoms in total. The lowest BCUT2D eigenvalue weighted by atomic mass is 9.04. The zero-order chi connectivity index (χ0) is 17.5. The van der Waals surface area contributed by atoms with Crippen LogP contribution in [0.3, 0.4) is 0 Å². The molecule has 1 saturated carbocycles. The van der Waals surface area contributed by atoms with E-state index in [1.807, 2.05) is 5.57 Å². The molecular weight excluding hydrogens is 299 g/mol. The molecule has 0 radical (unpaired) electrons. The fourth-order valence-corrected chi connectivity index (χ4v) is 7.57. The zero-order valence-corrected chi connectivity index (χ0v) is 17.4. The maximum atomic E-state index is 3.02. The highest BCUT2D eigenvalue weighted by Crippen LogP contribution is 2.61. The lowest BCUT2D eigenvalue weighted by Gasteiger charge is -2.63. The van der Waals surface area contributed by atoms with E-state index in [0.29, 0.717) is 0 Å². The molecule has 0 aromatic carbocycles. The van der Waals surface area contributed by atoms with Gasteiger partial charge in [-0.15, -0.1) is 5.57 Å². The number of fused-ring (bicyclic) bond motifs is 2. The topological polar surface area (TPSA) is 0 Å². The summed E-state index contributed by atoms with van der Waals surface area (Å²) in [6, 6.07) is 0. The van der Waals surface area contributed by atoms with E-state index in [1.54, 1.807) is 38.5 Å². The average Bonchev–Trinajstić information content (AvgIpc) is 2.64. The van der Waals surface area contributed by atoms with Crippen molar-refractivity contribution in [2.24, 2.45) is 0 Å². The Hall–Kier alpha value is -0.195. The largest absolute Gasteiger partial charge is 0.246 e. The minimum absolute atomic E-state index is 0.219. The van der Waals surface area contributed by atoms with E-state index in [1.165, 1.54) is 70.6 Å².